The standard InChI is InChI=1S/C27H29N5O.2C2HF3O2/c28-27(33)25-10-4-8-22-18-32(30-26(22)25)24-13-11-20(12-14-24)16-29-23-9-5-15-31(19-23)17-21-6-2-1-3-7-21;2*3-2(4,5)1(6)7/h1-4,6-8,10-14,18,23,29H,5,9,15-17,19H2,(H2,28,33);2*(H,6,7). The fourth-order valence-corrected chi connectivity index (χ4v) is 4.90. The summed E-state index contributed by atoms with van der Waals surface area (Å²) in [6.07, 6.45) is -5.87. The van der Waals surface area contributed by atoms with Crippen LogP contribution in [0.4, 0.5) is 26.3 Å². The number of carbonyl (C=O) groups is 3. The van der Waals surface area contributed by atoms with Gasteiger partial charge in [-0.05, 0) is 18.2 Å². The van der Waals surface area contributed by atoms with Crippen LogP contribution in [0.2, 0.25) is 0 Å². The van der Waals surface area contributed by atoms with Gasteiger partial charge < -0.3 is 35.8 Å². The zero-order valence-corrected chi connectivity index (χ0v) is 24.7. The van der Waals surface area contributed by atoms with Crippen molar-refractivity contribution in [2.24, 2.45) is 5.73 Å². The number of hydrogen-bond donors (Lipinski definition) is 3. The van der Waals surface area contributed by atoms with Gasteiger partial charge in [0.15, 0.2) is 0 Å². The van der Waals surface area contributed by atoms with E-state index >= 15 is 0 Å². The Bertz CT molecular complexity index is 1620. The molecule has 252 valence electrons. The molecule has 0 bridgehead atoms. The molecular formula is C31H31F6N5O5. The van der Waals surface area contributed by atoms with Crippen molar-refractivity contribution in [3.63, 3.8) is 0 Å². The summed E-state index contributed by atoms with van der Waals surface area (Å²) in [6.45, 7) is 4.59. The van der Waals surface area contributed by atoms with E-state index in [-0.39, 0.29) is 0 Å². The Labute approximate surface area is 264 Å². The molecule has 1 aromatic heterocycles. The second-order valence-electron chi connectivity index (χ2n) is 10.6. The highest BCUT2D eigenvalue weighted by molar-refractivity contribution is 6.04. The number of nitrogens with zero attached hydrogens (tertiary/aromatic N) is 2. The number of carboxylic acid groups (broad SMARTS) is 2. The maximum atomic E-state index is 11.7. The monoisotopic (exact) mass is 667 g/mol. The quantitative estimate of drug-likeness (QED) is 0.236. The highest BCUT2D eigenvalue weighted by Gasteiger charge is 2.29. The number of nitrogens with one attached hydrogen (secondary N) is 1. The fraction of sp³-hybridized carbons (Fsp3) is 0.290. The zero-order chi connectivity index (χ0) is 34.8. The molecule has 0 spiro atoms. The average Bonchev–Trinajstić information content (AvgIpc) is 3.45. The van der Waals surface area contributed by atoms with E-state index < -0.39 is 30.2 Å². The van der Waals surface area contributed by atoms with Crippen LogP contribution in [0, 0.1) is 0 Å². The maximum absolute atomic E-state index is 11.7. The van der Waals surface area contributed by atoms with E-state index in [2.05, 4.69) is 65.0 Å². The Kier molecular flexibility index (Phi) is 12.5. The number of alkyl halides is 6. The number of primary amides is 1. The first-order valence-corrected chi connectivity index (χ1v) is 14.2. The molecule has 0 aliphatic carbocycles. The van der Waals surface area contributed by atoms with Gasteiger partial charge in [-0.25, -0.2) is 4.68 Å². The number of quaternary nitrogens is 2. The molecule has 2 unspecified atom stereocenters. The molecule has 3 aromatic carbocycles. The number of benzene rings is 3. The van der Waals surface area contributed by atoms with Crippen molar-refractivity contribution >= 4 is 28.7 Å². The summed E-state index contributed by atoms with van der Waals surface area (Å²) in [7, 11) is 0. The lowest BCUT2D eigenvalue weighted by Crippen LogP contribution is -3.16. The summed E-state index contributed by atoms with van der Waals surface area (Å²) in [6, 6.07) is 25.5. The van der Waals surface area contributed by atoms with Crippen molar-refractivity contribution in [1.29, 1.82) is 0 Å². The predicted octanol–water partition coefficient (Wildman–Crippen LogP) is 0.0325. The lowest BCUT2D eigenvalue weighted by molar-refractivity contribution is -0.940. The van der Waals surface area contributed by atoms with Crippen LogP contribution in [0.5, 0.6) is 0 Å². The van der Waals surface area contributed by atoms with Crippen LogP contribution >= 0.6 is 0 Å². The summed E-state index contributed by atoms with van der Waals surface area (Å²) in [5.41, 5.74) is 10.3. The molecule has 2 heterocycles. The summed E-state index contributed by atoms with van der Waals surface area (Å²) >= 11 is 0. The van der Waals surface area contributed by atoms with Crippen LogP contribution in [0.1, 0.15) is 34.3 Å². The molecule has 0 saturated carbocycles. The van der Waals surface area contributed by atoms with Gasteiger partial charge in [0, 0.05) is 35.6 Å². The van der Waals surface area contributed by atoms with Crippen molar-refractivity contribution in [2.75, 3.05) is 13.1 Å². The lowest BCUT2D eigenvalue weighted by atomic mass is 10.0. The molecule has 4 aromatic rings. The predicted molar refractivity (Wildman–Crippen MR) is 151 cm³/mol. The lowest BCUT2D eigenvalue weighted by Gasteiger charge is -2.28. The van der Waals surface area contributed by atoms with Gasteiger partial charge in [-0.3, -0.25) is 4.79 Å². The number of likely N-dealkylation sites (tertiary alicyclic amines) is 1. The number of carboxylic acids is 2. The van der Waals surface area contributed by atoms with E-state index in [1.807, 2.05) is 23.0 Å². The number of aromatic nitrogens is 2. The molecular weight excluding hydrogens is 636 g/mol. The molecule has 1 aliphatic rings. The van der Waals surface area contributed by atoms with Gasteiger partial charge in [-0.15, -0.1) is 0 Å². The van der Waals surface area contributed by atoms with Crippen LogP contribution in [-0.4, -0.2) is 59.1 Å². The second kappa shape index (κ2) is 16.0. The number of carbonyl (C=O) groups excluding carboxylic acids is 3. The highest BCUT2D eigenvalue weighted by atomic mass is 19.4. The average molecular weight is 668 g/mol. The van der Waals surface area contributed by atoms with E-state index in [1.165, 1.54) is 37.1 Å². The third-order valence-electron chi connectivity index (χ3n) is 7.11. The number of rotatable bonds is 7. The molecule has 5 N–H and O–H groups in total. The van der Waals surface area contributed by atoms with Crippen molar-refractivity contribution in [2.45, 2.75) is 44.3 Å². The molecule has 16 heteroatoms. The van der Waals surface area contributed by atoms with Gasteiger partial charge in [0.05, 0.1) is 17.8 Å². The number of hydrogen-bond acceptors (Lipinski definition) is 6. The summed E-state index contributed by atoms with van der Waals surface area (Å²) in [4.78, 5) is 30.9. The summed E-state index contributed by atoms with van der Waals surface area (Å²) < 4.78 is 64.9. The van der Waals surface area contributed by atoms with Gasteiger partial charge in [-0.2, -0.15) is 31.4 Å². The molecule has 2 atom stereocenters. The van der Waals surface area contributed by atoms with Gasteiger partial charge in [0.1, 0.15) is 43.1 Å². The Morgan fingerprint density at radius 2 is 1.47 bits per heavy atom. The molecule has 0 radical (unpaired) electrons. The molecule has 10 nitrogen and oxygen atoms in total. The van der Waals surface area contributed by atoms with Crippen molar-refractivity contribution in [3.8, 4) is 5.69 Å². The first kappa shape index (κ1) is 36.5. The van der Waals surface area contributed by atoms with Gasteiger partial charge >= 0.3 is 12.4 Å². The van der Waals surface area contributed by atoms with Crippen LogP contribution in [-0.2, 0) is 22.7 Å². The van der Waals surface area contributed by atoms with Gasteiger partial charge in [0.25, 0.3) is 5.91 Å². The molecule has 5 rings (SSSR count). The molecule has 1 aliphatic heterocycles. The topological polar surface area (TPSA) is 162 Å². The third kappa shape index (κ3) is 11.4. The van der Waals surface area contributed by atoms with E-state index in [4.69, 9.17) is 25.5 Å². The fourth-order valence-electron chi connectivity index (χ4n) is 4.90. The van der Waals surface area contributed by atoms with Crippen LogP contribution in [0.15, 0.2) is 79.0 Å². The number of amides is 1. The number of nitrogens with two attached hydrogens (primary N) is 2. The second-order valence-corrected chi connectivity index (χ2v) is 10.6. The number of piperidine rings is 1. The van der Waals surface area contributed by atoms with Crippen molar-refractivity contribution in [3.05, 3.63) is 95.7 Å². The van der Waals surface area contributed by atoms with E-state index in [1.54, 1.807) is 11.0 Å². The summed E-state index contributed by atoms with van der Waals surface area (Å²) in [5, 5.41) is 25.6. The van der Waals surface area contributed by atoms with Crippen LogP contribution in [0.25, 0.3) is 16.6 Å². The minimum absolute atomic E-state index is 0.452. The SMILES string of the molecule is NC(=O)c1cccc2cn(-c3ccc(C[NH2+]C4CCC[NH+](Cc5ccccc5)C4)cc3)nc12.O=C([O-])C(F)(F)F.O=C([O-])C(F)(F)F. The number of aliphatic carboxylic acids is 2. The maximum Gasteiger partial charge on any atom is 0.430 e. The van der Waals surface area contributed by atoms with E-state index in [9.17, 15) is 31.1 Å². The van der Waals surface area contributed by atoms with Crippen molar-refractivity contribution < 1.29 is 61.2 Å². The Morgan fingerprint density at radius 3 is 2.02 bits per heavy atom. The molecule has 47 heavy (non-hydrogen) atoms. The molecule has 1 amide bonds. The smallest absolute Gasteiger partial charge is 0.430 e. The van der Waals surface area contributed by atoms with Gasteiger partial charge in [0.2, 0.25) is 0 Å². The van der Waals surface area contributed by atoms with Crippen LogP contribution < -0.4 is 26.2 Å². The minimum Gasteiger partial charge on any atom is -0.542 e. The Balaban J connectivity index is 0.000000360. The van der Waals surface area contributed by atoms with Gasteiger partial charge in [-0.1, -0.05) is 54.6 Å². The Hall–Kier alpha value is -4.96. The number of fused-ring (bicyclic) bond motifs is 1. The first-order valence-electron chi connectivity index (χ1n) is 14.2. The van der Waals surface area contributed by atoms with E-state index in [0.717, 1.165) is 24.2 Å². The zero-order valence-electron chi connectivity index (χ0n) is 24.7. The Morgan fingerprint density at radius 1 is 0.872 bits per heavy atom. The highest BCUT2D eigenvalue weighted by Crippen LogP contribution is 2.19. The summed E-state index contributed by atoms with van der Waals surface area (Å²) in [5.74, 6) is -6.47. The molecule has 1 fully saturated rings. The number of halogens is 6. The minimum atomic E-state index is -5.19. The largest absolute Gasteiger partial charge is 0.542 e. The molecule has 1 saturated heterocycles. The van der Waals surface area contributed by atoms with Crippen LogP contribution in [0.3, 0.4) is 0 Å². The first-order chi connectivity index (χ1) is 22.0. The normalized spacial score (nSPS) is 16.3. The third-order valence-corrected chi connectivity index (χ3v) is 7.11. The van der Waals surface area contributed by atoms with Crippen molar-refractivity contribution in [1.82, 2.24) is 9.78 Å². The van der Waals surface area contributed by atoms with E-state index in [0.29, 0.717) is 17.1 Å².